The van der Waals surface area contributed by atoms with Crippen molar-refractivity contribution in [1.82, 2.24) is 0 Å². The van der Waals surface area contributed by atoms with Crippen molar-refractivity contribution in [2.24, 2.45) is 0 Å². The Labute approximate surface area is 134 Å². The average Bonchev–Trinajstić information content (AvgIpc) is 2.62. The van der Waals surface area contributed by atoms with Gasteiger partial charge in [0.25, 0.3) is 5.69 Å². The van der Waals surface area contributed by atoms with Gasteiger partial charge in [0.15, 0.2) is 0 Å². The topological polar surface area (TPSA) is 63.5 Å². The molecule has 1 aliphatic heterocycles. The Hall–Kier alpha value is -2.95. The number of hydrogen-bond donors (Lipinski definition) is 0. The van der Waals surface area contributed by atoms with E-state index in [4.69, 9.17) is 0 Å². The van der Waals surface area contributed by atoms with Crippen LogP contribution in [-0.2, 0) is 0 Å². The summed E-state index contributed by atoms with van der Waals surface area (Å²) in [4.78, 5) is 23.6. The van der Waals surface area contributed by atoms with Crippen molar-refractivity contribution in [1.29, 1.82) is 0 Å². The van der Waals surface area contributed by atoms with E-state index in [9.17, 15) is 14.9 Å². The van der Waals surface area contributed by atoms with Crippen molar-refractivity contribution in [3.63, 3.8) is 0 Å². The van der Waals surface area contributed by atoms with Crippen LogP contribution in [0.1, 0.15) is 22.3 Å². The molecule has 0 saturated carbocycles. The third-order valence-electron chi connectivity index (χ3n) is 4.03. The number of carbonyl (C=O) groups is 1. The lowest BCUT2D eigenvalue weighted by molar-refractivity contribution is -0.384. The maximum Gasteiger partial charge on any atom is 0.293 e. The second-order valence-electron chi connectivity index (χ2n) is 5.41. The summed E-state index contributed by atoms with van der Waals surface area (Å²) in [6, 6.07) is 14.7. The molecule has 0 radical (unpaired) electrons. The molecule has 0 aromatic heterocycles. The predicted octanol–water partition coefficient (Wildman–Crippen LogP) is 3.70. The van der Waals surface area contributed by atoms with Crippen molar-refractivity contribution in [2.75, 3.05) is 18.0 Å². The van der Waals surface area contributed by atoms with Crippen molar-refractivity contribution in [3.8, 4) is 0 Å². The zero-order valence-corrected chi connectivity index (χ0v) is 12.5. The first-order valence-electron chi connectivity index (χ1n) is 7.42. The Morgan fingerprint density at radius 2 is 1.91 bits per heavy atom. The molecule has 0 aliphatic carbocycles. The lowest BCUT2D eigenvalue weighted by Crippen LogP contribution is -2.28. The van der Waals surface area contributed by atoms with E-state index in [1.807, 2.05) is 23.1 Å². The van der Waals surface area contributed by atoms with Gasteiger partial charge in [0, 0.05) is 24.7 Å². The summed E-state index contributed by atoms with van der Waals surface area (Å²) in [5, 5.41) is 11.3. The molecule has 0 fully saturated rings. The summed E-state index contributed by atoms with van der Waals surface area (Å²) >= 11 is 0. The summed E-state index contributed by atoms with van der Waals surface area (Å²) in [5.74, 6) is 0. The molecule has 0 bridgehead atoms. The number of rotatable bonds is 4. The first kappa shape index (κ1) is 15.0. The molecular formula is C18H16N2O3. The molecule has 2 aromatic carbocycles. The van der Waals surface area contributed by atoms with Crippen molar-refractivity contribution in [3.05, 3.63) is 75.8 Å². The minimum atomic E-state index is -0.432. The monoisotopic (exact) mass is 308 g/mol. The quantitative estimate of drug-likeness (QED) is 0.491. The van der Waals surface area contributed by atoms with Gasteiger partial charge in [-0.05, 0) is 29.7 Å². The molecular weight excluding hydrogens is 292 g/mol. The third-order valence-corrected chi connectivity index (χ3v) is 4.03. The van der Waals surface area contributed by atoms with Gasteiger partial charge in [0.1, 0.15) is 12.0 Å². The number of nitro benzene ring substituents is 1. The number of nitrogens with zero attached hydrogens (tertiary/aromatic N) is 2. The maximum atomic E-state index is 11.3. The second-order valence-corrected chi connectivity index (χ2v) is 5.41. The smallest absolute Gasteiger partial charge is 0.293 e. The summed E-state index contributed by atoms with van der Waals surface area (Å²) < 4.78 is 0. The molecule has 23 heavy (non-hydrogen) atoms. The highest BCUT2D eigenvalue weighted by atomic mass is 16.6. The van der Waals surface area contributed by atoms with Gasteiger partial charge in [0.05, 0.1) is 4.92 Å². The summed E-state index contributed by atoms with van der Waals surface area (Å²) in [6.45, 7) is 1.33. The fourth-order valence-electron chi connectivity index (χ4n) is 2.83. The SMILES string of the molecule is O=Cc1ccc(N2CC=C(c3ccccc3)CC2)c([N+](=O)[O-])c1. The van der Waals surface area contributed by atoms with Crippen LogP contribution in [-0.4, -0.2) is 24.3 Å². The van der Waals surface area contributed by atoms with E-state index in [1.54, 1.807) is 12.1 Å². The molecule has 0 spiro atoms. The van der Waals surface area contributed by atoms with E-state index >= 15 is 0 Å². The van der Waals surface area contributed by atoms with E-state index in [2.05, 4.69) is 18.2 Å². The van der Waals surface area contributed by atoms with Gasteiger partial charge >= 0.3 is 0 Å². The summed E-state index contributed by atoms with van der Waals surface area (Å²) in [7, 11) is 0. The Morgan fingerprint density at radius 3 is 2.52 bits per heavy atom. The highest BCUT2D eigenvalue weighted by Gasteiger charge is 2.22. The van der Waals surface area contributed by atoms with E-state index < -0.39 is 4.92 Å². The highest BCUT2D eigenvalue weighted by Crippen LogP contribution is 2.32. The van der Waals surface area contributed by atoms with E-state index in [0.717, 1.165) is 6.42 Å². The number of aldehydes is 1. The van der Waals surface area contributed by atoms with Crippen LogP contribution in [0.25, 0.3) is 5.57 Å². The molecule has 116 valence electrons. The van der Waals surface area contributed by atoms with Crippen molar-refractivity contribution in [2.45, 2.75) is 6.42 Å². The van der Waals surface area contributed by atoms with Crippen molar-refractivity contribution >= 4 is 23.2 Å². The standard InChI is InChI=1S/C18H16N2O3/c21-13-14-6-7-17(18(12-14)20(22)23)19-10-8-16(9-11-19)15-4-2-1-3-5-15/h1-8,12-13H,9-11H2. The average molecular weight is 308 g/mol. The first-order chi connectivity index (χ1) is 11.2. The molecule has 1 heterocycles. The summed E-state index contributed by atoms with van der Waals surface area (Å²) in [5.41, 5.74) is 3.31. The molecule has 0 unspecified atom stereocenters. The van der Waals surface area contributed by atoms with E-state index in [0.29, 0.717) is 30.6 Å². The Balaban J connectivity index is 1.86. The number of benzene rings is 2. The van der Waals surface area contributed by atoms with Gasteiger partial charge in [-0.25, -0.2) is 0 Å². The molecule has 0 saturated heterocycles. The van der Waals surface area contributed by atoms with Gasteiger partial charge in [-0.3, -0.25) is 14.9 Å². The number of carbonyl (C=O) groups excluding carboxylic acids is 1. The zero-order chi connectivity index (χ0) is 16.2. The number of nitro groups is 1. The van der Waals surface area contributed by atoms with Crippen LogP contribution in [0.2, 0.25) is 0 Å². The normalized spacial score (nSPS) is 14.3. The van der Waals surface area contributed by atoms with Gasteiger partial charge < -0.3 is 4.90 Å². The van der Waals surface area contributed by atoms with Crippen LogP contribution in [0.4, 0.5) is 11.4 Å². The Morgan fingerprint density at radius 1 is 1.13 bits per heavy atom. The highest BCUT2D eigenvalue weighted by molar-refractivity contribution is 5.80. The van der Waals surface area contributed by atoms with Gasteiger partial charge in [0.2, 0.25) is 0 Å². The fraction of sp³-hybridized carbons (Fsp3) is 0.167. The minimum absolute atomic E-state index is 0.0221. The van der Waals surface area contributed by atoms with Crippen LogP contribution in [0.3, 0.4) is 0 Å². The van der Waals surface area contributed by atoms with Gasteiger partial charge in [-0.15, -0.1) is 0 Å². The number of anilines is 1. The largest absolute Gasteiger partial charge is 0.362 e. The van der Waals surface area contributed by atoms with Crippen LogP contribution in [0.5, 0.6) is 0 Å². The van der Waals surface area contributed by atoms with Crippen LogP contribution in [0.15, 0.2) is 54.6 Å². The number of hydrogen-bond acceptors (Lipinski definition) is 4. The Kier molecular flexibility index (Phi) is 4.19. The lowest BCUT2D eigenvalue weighted by atomic mass is 9.99. The first-order valence-corrected chi connectivity index (χ1v) is 7.42. The molecule has 2 aromatic rings. The van der Waals surface area contributed by atoms with E-state index in [1.165, 1.54) is 17.2 Å². The molecule has 0 amide bonds. The van der Waals surface area contributed by atoms with Gasteiger partial charge in [-0.2, -0.15) is 0 Å². The molecule has 5 nitrogen and oxygen atoms in total. The lowest BCUT2D eigenvalue weighted by Gasteiger charge is -2.28. The molecule has 3 rings (SSSR count). The zero-order valence-electron chi connectivity index (χ0n) is 12.5. The van der Waals surface area contributed by atoms with Crippen molar-refractivity contribution < 1.29 is 9.72 Å². The molecule has 0 atom stereocenters. The minimum Gasteiger partial charge on any atom is -0.362 e. The molecule has 5 heteroatoms. The van der Waals surface area contributed by atoms with Crippen LogP contribution >= 0.6 is 0 Å². The van der Waals surface area contributed by atoms with Crippen LogP contribution in [0, 0.1) is 10.1 Å². The Bertz CT molecular complexity index is 769. The second kappa shape index (κ2) is 6.44. The summed E-state index contributed by atoms with van der Waals surface area (Å²) in [6.07, 6.45) is 3.56. The molecule has 1 aliphatic rings. The van der Waals surface area contributed by atoms with Gasteiger partial charge in [-0.1, -0.05) is 36.4 Å². The van der Waals surface area contributed by atoms with Crippen LogP contribution < -0.4 is 4.90 Å². The molecule has 0 N–H and O–H groups in total. The maximum absolute atomic E-state index is 11.3. The van der Waals surface area contributed by atoms with E-state index in [-0.39, 0.29) is 5.69 Å². The third kappa shape index (κ3) is 3.13. The fourth-order valence-corrected chi connectivity index (χ4v) is 2.83. The predicted molar refractivity (Wildman–Crippen MR) is 89.7 cm³/mol.